The molecule has 1 aromatic rings. The minimum absolute atomic E-state index is 0.161. The molecule has 0 aliphatic carbocycles. The summed E-state index contributed by atoms with van der Waals surface area (Å²) in [7, 11) is -1.79. The van der Waals surface area contributed by atoms with E-state index < -0.39 is 14.4 Å². The summed E-state index contributed by atoms with van der Waals surface area (Å²) in [5.41, 5.74) is 2.68. The lowest BCUT2D eigenvalue weighted by molar-refractivity contribution is 0.00201. The van der Waals surface area contributed by atoms with E-state index in [9.17, 15) is 5.11 Å². The van der Waals surface area contributed by atoms with E-state index >= 15 is 0 Å². The van der Waals surface area contributed by atoms with Gasteiger partial charge in [0.25, 0.3) is 0 Å². The smallest absolute Gasteiger partial charge is 0.192 e. The molecule has 110 valence electrons. The van der Waals surface area contributed by atoms with Crippen molar-refractivity contribution in [3.63, 3.8) is 0 Å². The van der Waals surface area contributed by atoms with E-state index in [1.54, 1.807) is 16.8 Å². The Morgan fingerprint density at radius 2 is 2.05 bits per heavy atom. The van der Waals surface area contributed by atoms with Gasteiger partial charge in [0.15, 0.2) is 8.32 Å². The van der Waals surface area contributed by atoms with Crippen molar-refractivity contribution in [1.29, 1.82) is 0 Å². The lowest BCUT2D eigenvalue weighted by atomic mass is 10.2. The summed E-state index contributed by atoms with van der Waals surface area (Å²) in [6.07, 6.45) is -0.576. The van der Waals surface area contributed by atoms with Crippen LogP contribution in [0.25, 0.3) is 0 Å². The summed E-state index contributed by atoms with van der Waals surface area (Å²) < 4.78 is 11.4. The second kappa shape index (κ2) is 6.94. The first kappa shape index (κ1) is 16.8. The van der Waals surface area contributed by atoms with Gasteiger partial charge in [0, 0.05) is 5.38 Å². The van der Waals surface area contributed by atoms with Crippen LogP contribution in [0.5, 0.6) is 0 Å². The molecule has 0 aromatic carbocycles. The van der Waals surface area contributed by atoms with Crippen molar-refractivity contribution in [1.82, 2.24) is 4.98 Å². The molecule has 1 rings (SSSR count). The Labute approximate surface area is 120 Å². The Hall–Kier alpha value is -0.273. The van der Waals surface area contributed by atoms with Crippen molar-refractivity contribution in [2.45, 2.75) is 51.6 Å². The molecule has 1 heterocycles. The molecule has 0 radical (unpaired) electrons. The molecule has 19 heavy (non-hydrogen) atoms. The van der Waals surface area contributed by atoms with Crippen molar-refractivity contribution >= 4 is 19.7 Å². The summed E-state index contributed by atoms with van der Waals surface area (Å²) >= 11 is 1.54. The molecular weight excluding hydrogens is 278 g/mol. The summed E-state index contributed by atoms with van der Waals surface area (Å²) in [5.74, 6) is 0. The quantitative estimate of drug-likeness (QED) is 0.787. The minimum atomic E-state index is -1.79. The first-order valence-corrected chi connectivity index (χ1v) is 10.3. The lowest BCUT2D eigenvalue weighted by Crippen LogP contribution is -2.43. The molecule has 0 aliphatic heterocycles. The Kier molecular flexibility index (Phi) is 6.13. The zero-order valence-electron chi connectivity index (χ0n) is 12.5. The Morgan fingerprint density at radius 3 is 2.58 bits per heavy atom. The third-order valence-electron chi connectivity index (χ3n) is 3.49. The molecule has 0 bridgehead atoms. The maximum absolute atomic E-state index is 9.86. The van der Waals surface area contributed by atoms with Gasteiger partial charge in [-0.1, -0.05) is 20.8 Å². The average Bonchev–Trinajstić information content (AvgIpc) is 2.78. The van der Waals surface area contributed by atoms with Gasteiger partial charge in [0.2, 0.25) is 0 Å². The fourth-order valence-electron chi connectivity index (χ4n) is 1.18. The number of hydrogen-bond acceptors (Lipinski definition) is 5. The molecule has 4 nitrogen and oxygen atoms in total. The second-order valence-corrected chi connectivity index (χ2v) is 11.7. The van der Waals surface area contributed by atoms with Gasteiger partial charge >= 0.3 is 0 Å². The van der Waals surface area contributed by atoms with Crippen molar-refractivity contribution < 1.29 is 14.3 Å². The lowest BCUT2D eigenvalue weighted by Gasteiger charge is -2.36. The second-order valence-electron chi connectivity index (χ2n) is 6.22. The fourth-order valence-corrected chi connectivity index (χ4v) is 2.76. The van der Waals surface area contributed by atoms with E-state index in [2.05, 4.69) is 38.8 Å². The van der Waals surface area contributed by atoms with Gasteiger partial charge in [-0.25, -0.2) is 4.98 Å². The maximum Gasteiger partial charge on any atom is 0.192 e. The van der Waals surface area contributed by atoms with Crippen LogP contribution in [0.1, 0.15) is 26.5 Å². The minimum Gasteiger partial charge on any atom is -0.414 e. The van der Waals surface area contributed by atoms with E-state index in [0.29, 0.717) is 13.2 Å². The molecule has 0 amide bonds. The van der Waals surface area contributed by atoms with Gasteiger partial charge in [-0.05, 0) is 18.1 Å². The Bertz CT molecular complexity index is 362. The van der Waals surface area contributed by atoms with Gasteiger partial charge in [0.1, 0.15) is 0 Å². The molecule has 1 atom stereocenters. The highest BCUT2D eigenvalue weighted by atomic mass is 32.1. The van der Waals surface area contributed by atoms with Gasteiger partial charge in [-0.2, -0.15) is 0 Å². The van der Waals surface area contributed by atoms with Gasteiger partial charge in [-0.3, -0.25) is 0 Å². The number of aliphatic hydroxyl groups excluding tert-OH is 1. The summed E-state index contributed by atoms with van der Waals surface area (Å²) in [6, 6.07) is 0. The maximum atomic E-state index is 9.86. The Balaban J connectivity index is 2.22. The van der Waals surface area contributed by atoms with Gasteiger partial charge in [0.05, 0.1) is 37.1 Å². The van der Waals surface area contributed by atoms with Crippen LogP contribution in [-0.2, 0) is 15.8 Å². The molecule has 0 saturated heterocycles. The van der Waals surface area contributed by atoms with E-state index in [4.69, 9.17) is 9.16 Å². The van der Waals surface area contributed by atoms with Crippen LogP contribution in [0.4, 0.5) is 0 Å². The van der Waals surface area contributed by atoms with Crippen LogP contribution in [-0.4, -0.2) is 37.7 Å². The molecular formula is C13H25NO3SSi. The number of aromatic nitrogens is 1. The van der Waals surface area contributed by atoms with Crippen LogP contribution in [0.15, 0.2) is 10.9 Å². The van der Waals surface area contributed by atoms with Crippen LogP contribution in [0.3, 0.4) is 0 Å². The first-order valence-electron chi connectivity index (χ1n) is 6.49. The van der Waals surface area contributed by atoms with Crippen molar-refractivity contribution in [2.75, 3.05) is 13.2 Å². The largest absolute Gasteiger partial charge is 0.414 e. The number of ether oxygens (including phenoxy) is 1. The third kappa shape index (κ3) is 5.70. The molecule has 0 unspecified atom stereocenters. The average molecular weight is 303 g/mol. The van der Waals surface area contributed by atoms with E-state index in [-0.39, 0.29) is 11.6 Å². The highest BCUT2D eigenvalue weighted by Gasteiger charge is 2.37. The zero-order chi connectivity index (χ0) is 14.5. The van der Waals surface area contributed by atoms with Crippen LogP contribution >= 0.6 is 11.3 Å². The van der Waals surface area contributed by atoms with E-state index in [0.717, 1.165) is 5.69 Å². The van der Waals surface area contributed by atoms with E-state index in [1.807, 2.05) is 5.38 Å². The highest BCUT2D eigenvalue weighted by molar-refractivity contribution is 7.07. The van der Waals surface area contributed by atoms with Crippen molar-refractivity contribution in [3.05, 3.63) is 16.6 Å². The van der Waals surface area contributed by atoms with Crippen LogP contribution < -0.4 is 0 Å². The molecule has 1 N–H and O–H groups in total. The molecule has 0 aliphatic rings. The summed E-state index contributed by atoms with van der Waals surface area (Å²) in [4.78, 5) is 4.12. The molecule has 6 heteroatoms. The van der Waals surface area contributed by atoms with E-state index in [1.165, 1.54) is 0 Å². The van der Waals surface area contributed by atoms with Crippen molar-refractivity contribution in [3.8, 4) is 0 Å². The zero-order valence-corrected chi connectivity index (χ0v) is 14.3. The molecule has 1 aromatic heterocycles. The fraction of sp³-hybridized carbons (Fsp3) is 0.769. The van der Waals surface area contributed by atoms with Crippen molar-refractivity contribution in [2.24, 2.45) is 0 Å². The summed E-state index contributed by atoms with van der Waals surface area (Å²) in [5, 5.41) is 12.0. The summed E-state index contributed by atoms with van der Waals surface area (Å²) in [6.45, 7) is 12.0. The predicted octanol–water partition coefficient (Wildman–Crippen LogP) is 3.04. The third-order valence-corrected chi connectivity index (χ3v) is 8.62. The number of hydrogen-bond donors (Lipinski definition) is 1. The standard InChI is InChI=1S/C13H25NO3SSi/c1-13(2,3)19(4,5)17-8-12(15)7-16-6-11-9-18-10-14-11/h9-10,12,15H,6-8H2,1-5H3/t12-/m0/s1. The molecule has 0 saturated carbocycles. The monoisotopic (exact) mass is 303 g/mol. The number of thiazole rings is 1. The SMILES string of the molecule is CC(C)(C)[Si](C)(C)OC[C@@H](O)COCc1cscn1. The normalized spacial score (nSPS) is 14.6. The Morgan fingerprint density at radius 1 is 1.37 bits per heavy atom. The van der Waals surface area contributed by atoms with Gasteiger partial charge in [-0.15, -0.1) is 11.3 Å². The number of aliphatic hydroxyl groups is 1. The number of rotatable bonds is 7. The number of nitrogens with zero attached hydrogens (tertiary/aromatic N) is 1. The predicted molar refractivity (Wildman–Crippen MR) is 80.9 cm³/mol. The highest BCUT2D eigenvalue weighted by Crippen LogP contribution is 2.36. The molecule has 0 fully saturated rings. The van der Waals surface area contributed by atoms with Crippen LogP contribution in [0.2, 0.25) is 18.1 Å². The van der Waals surface area contributed by atoms with Crippen LogP contribution in [0, 0.1) is 0 Å². The van der Waals surface area contributed by atoms with Gasteiger partial charge < -0.3 is 14.3 Å². The topological polar surface area (TPSA) is 51.6 Å². The first-order chi connectivity index (χ1) is 8.72. The molecule has 0 spiro atoms.